The highest BCUT2D eigenvalue weighted by atomic mass is 35.5. The van der Waals surface area contributed by atoms with Crippen LogP contribution in [-0.2, 0) is 11.2 Å². The first kappa shape index (κ1) is 20.3. The third-order valence-corrected chi connectivity index (χ3v) is 6.68. The van der Waals surface area contributed by atoms with Crippen LogP contribution in [0, 0.1) is 6.92 Å². The number of hydrogen-bond acceptors (Lipinski definition) is 6. The lowest BCUT2D eigenvalue weighted by Gasteiger charge is -2.21. The molecule has 158 valence electrons. The first-order valence-electron chi connectivity index (χ1n) is 10.4. The maximum atomic E-state index is 6.06. The molecule has 0 N–H and O–H groups in total. The third-order valence-electron chi connectivity index (χ3n) is 5.29. The quantitative estimate of drug-likeness (QED) is 0.388. The molecule has 4 aromatic rings. The van der Waals surface area contributed by atoms with E-state index in [1.165, 1.54) is 0 Å². The molecule has 8 heteroatoms. The molecule has 0 bridgehead atoms. The summed E-state index contributed by atoms with van der Waals surface area (Å²) in [5.41, 5.74) is 4.11. The number of aryl methyl sites for hydroxylation is 1. The van der Waals surface area contributed by atoms with Gasteiger partial charge in [-0.15, -0.1) is 16.4 Å². The van der Waals surface area contributed by atoms with E-state index in [9.17, 15) is 0 Å². The van der Waals surface area contributed by atoms with Gasteiger partial charge in [-0.2, -0.15) is 0 Å². The molecule has 1 atom stereocenters. The van der Waals surface area contributed by atoms with E-state index >= 15 is 0 Å². The van der Waals surface area contributed by atoms with Crippen molar-refractivity contribution in [3.63, 3.8) is 0 Å². The van der Waals surface area contributed by atoms with Gasteiger partial charge in [0.1, 0.15) is 11.3 Å². The smallest absolute Gasteiger partial charge is 0.193 e. The van der Waals surface area contributed by atoms with Gasteiger partial charge in [-0.1, -0.05) is 23.7 Å². The fourth-order valence-electron chi connectivity index (χ4n) is 3.69. The molecule has 0 saturated carbocycles. The molecule has 31 heavy (non-hydrogen) atoms. The number of benzene rings is 1. The van der Waals surface area contributed by atoms with Gasteiger partial charge in [-0.05, 0) is 56.0 Å². The minimum atomic E-state index is -0.0371. The van der Waals surface area contributed by atoms with E-state index < -0.39 is 0 Å². The Balaban J connectivity index is 1.52. The summed E-state index contributed by atoms with van der Waals surface area (Å²) in [6.45, 7) is 2.76. The van der Waals surface area contributed by atoms with E-state index in [-0.39, 0.29) is 6.23 Å². The van der Waals surface area contributed by atoms with E-state index in [1.807, 2.05) is 48.1 Å². The summed E-state index contributed by atoms with van der Waals surface area (Å²) in [5, 5.41) is 6.43. The number of ether oxygens (including phenoxy) is 1. The number of thiazole rings is 1. The molecule has 1 aliphatic rings. The molecule has 6 nitrogen and oxygen atoms in total. The Morgan fingerprint density at radius 1 is 1.16 bits per heavy atom. The highest BCUT2D eigenvalue weighted by Gasteiger charge is 2.21. The first-order chi connectivity index (χ1) is 15.2. The van der Waals surface area contributed by atoms with Crippen LogP contribution in [0.5, 0.6) is 0 Å². The van der Waals surface area contributed by atoms with Crippen molar-refractivity contribution in [2.24, 2.45) is 0 Å². The van der Waals surface area contributed by atoms with Crippen molar-refractivity contribution >= 4 is 22.9 Å². The molecular formula is C23H22ClN5OS. The average molecular weight is 452 g/mol. The van der Waals surface area contributed by atoms with Crippen LogP contribution in [-0.4, -0.2) is 31.3 Å². The van der Waals surface area contributed by atoms with Gasteiger partial charge in [0.2, 0.25) is 0 Å². The number of aromatic nitrogens is 5. The van der Waals surface area contributed by atoms with Crippen LogP contribution in [0.4, 0.5) is 0 Å². The van der Waals surface area contributed by atoms with Crippen molar-refractivity contribution in [1.29, 1.82) is 0 Å². The maximum Gasteiger partial charge on any atom is 0.193 e. The highest BCUT2D eigenvalue weighted by Crippen LogP contribution is 2.35. The summed E-state index contributed by atoms with van der Waals surface area (Å²) in [6, 6.07) is 11.9. The second-order valence-corrected chi connectivity index (χ2v) is 9.09. The van der Waals surface area contributed by atoms with Gasteiger partial charge in [0.05, 0.1) is 10.6 Å². The summed E-state index contributed by atoms with van der Waals surface area (Å²) in [7, 11) is 0. The molecule has 1 fully saturated rings. The maximum absolute atomic E-state index is 6.06. The molecule has 4 heterocycles. The molecule has 1 aromatic carbocycles. The van der Waals surface area contributed by atoms with Crippen molar-refractivity contribution in [3.05, 3.63) is 70.9 Å². The second kappa shape index (κ2) is 8.86. The fraction of sp³-hybridized carbons (Fsp3) is 0.304. The molecule has 1 aliphatic heterocycles. The van der Waals surface area contributed by atoms with Crippen LogP contribution in [0.15, 0.2) is 48.9 Å². The standard InChI is InChI=1S/C23H22ClN5OS/c1-15-12-17(9-10-25-15)23-27-19(13-16-5-7-18(24)8-6-16)21(31-23)22-26-14-29(28-22)20-4-2-3-11-30-20/h5-10,12,14,20H,2-4,11,13H2,1H3. The van der Waals surface area contributed by atoms with Crippen molar-refractivity contribution in [2.45, 2.75) is 38.8 Å². The molecule has 1 saturated heterocycles. The van der Waals surface area contributed by atoms with Crippen LogP contribution in [0.3, 0.4) is 0 Å². The average Bonchev–Trinajstić information content (AvgIpc) is 3.43. The van der Waals surface area contributed by atoms with E-state index in [2.05, 4.69) is 16.0 Å². The van der Waals surface area contributed by atoms with Crippen molar-refractivity contribution < 1.29 is 4.74 Å². The Morgan fingerprint density at radius 3 is 2.81 bits per heavy atom. The van der Waals surface area contributed by atoms with Crippen molar-refractivity contribution in [3.8, 4) is 21.3 Å². The highest BCUT2D eigenvalue weighted by molar-refractivity contribution is 7.18. The Kier molecular flexibility index (Phi) is 5.80. The molecule has 3 aromatic heterocycles. The minimum absolute atomic E-state index is 0.0371. The summed E-state index contributed by atoms with van der Waals surface area (Å²) >= 11 is 7.68. The molecule has 0 radical (unpaired) electrons. The van der Waals surface area contributed by atoms with E-state index in [1.54, 1.807) is 17.7 Å². The van der Waals surface area contributed by atoms with Gasteiger partial charge in [-0.3, -0.25) is 4.98 Å². The second-order valence-electron chi connectivity index (χ2n) is 7.65. The van der Waals surface area contributed by atoms with Gasteiger partial charge in [0.25, 0.3) is 0 Å². The molecule has 0 aliphatic carbocycles. The normalized spacial score (nSPS) is 16.5. The lowest BCUT2D eigenvalue weighted by molar-refractivity contribution is -0.0395. The van der Waals surface area contributed by atoms with Gasteiger partial charge >= 0.3 is 0 Å². The zero-order valence-corrected chi connectivity index (χ0v) is 18.7. The van der Waals surface area contributed by atoms with Crippen LogP contribution >= 0.6 is 22.9 Å². The first-order valence-corrected chi connectivity index (χ1v) is 11.6. The number of halogens is 1. The summed E-state index contributed by atoms with van der Waals surface area (Å²) < 4.78 is 7.71. The number of rotatable bonds is 5. The van der Waals surface area contributed by atoms with Crippen LogP contribution < -0.4 is 0 Å². The lowest BCUT2D eigenvalue weighted by atomic mass is 10.1. The Morgan fingerprint density at radius 2 is 2.03 bits per heavy atom. The largest absolute Gasteiger partial charge is 0.356 e. The fourth-order valence-corrected chi connectivity index (χ4v) is 4.83. The lowest BCUT2D eigenvalue weighted by Crippen LogP contribution is -2.18. The summed E-state index contributed by atoms with van der Waals surface area (Å²) in [4.78, 5) is 14.9. The van der Waals surface area contributed by atoms with Gasteiger partial charge < -0.3 is 4.74 Å². The van der Waals surface area contributed by atoms with E-state index in [0.29, 0.717) is 12.2 Å². The molecule has 1 unspecified atom stereocenters. The van der Waals surface area contributed by atoms with E-state index in [4.69, 9.17) is 26.4 Å². The molecule has 0 amide bonds. The summed E-state index contributed by atoms with van der Waals surface area (Å²) in [6.07, 6.45) is 7.45. The van der Waals surface area contributed by atoms with Gasteiger partial charge in [-0.25, -0.2) is 14.6 Å². The SMILES string of the molecule is Cc1cc(-c2nc(Cc3ccc(Cl)cc3)c(-c3ncn(C4CCCCO4)n3)s2)ccn1. The zero-order valence-electron chi connectivity index (χ0n) is 17.2. The van der Waals surface area contributed by atoms with Crippen LogP contribution in [0.1, 0.15) is 42.4 Å². The van der Waals surface area contributed by atoms with Crippen molar-refractivity contribution in [2.75, 3.05) is 6.61 Å². The van der Waals surface area contributed by atoms with Crippen molar-refractivity contribution in [1.82, 2.24) is 24.7 Å². The molecule has 0 spiro atoms. The number of hydrogen-bond donors (Lipinski definition) is 0. The van der Waals surface area contributed by atoms with Gasteiger partial charge in [0.15, 0.2) is 12.1 Å². The topological polar surface area (TPSA) is 65.7 Å². The Bertz CT molecular complexity index is 1180. The zero-order chi connectivity index (χ0) is 21.2. The Labute approximate surface area is 189 Å². The third kappa shape index (κ3) is 4.54. The Hall–Kier alpha value is -2.61. The summed E-state index contributed by atoms with van der Waals surface area (Å²) in [5.74, 6) is 0.688. The van der Waals surface area contributed by atoms with Gasteiger partial charge in [0, 0.05) is 35.5 Å². The monoisotopic (exact) mass is 451 g/mol. The van der Waals surface area contributed by atoms with Crippen LogP contribution in [0.2, 0.25) is 5.02 Å². The predicted molar refractivity (Wildman–Crippen MR) is 122 cm³/mol. The number of pyridine rings is 1. The number of nitrogens with zero attached hydrogens (tertiary/aromatic N) is 5. The molecular weight excluding hydrogens is 430 g/mol. The van der Waals surface area contributed by atoms with Crippen LogP contribution in [0.25, 0.3) is 21.3 Å². The molecule has 5 rings (SSSR count). The predicted octanol–water partition coefficient (Wildman–Crippen LogP) is 5.72. The van der Waals surface area contributed by atoms with E-state index in [0.717, 1.165) is 63.3 Å². The minimum Gasteiger partial charge on any atom is -0.356 e.